The molecule has 2 aliphatic rings. The van der Waals surface area contributed by atoms with E-state index in [0.717, 1.165) is 22.5 Å². The number of carbonyl (C=O) groups excluding carboxylic acids is 2. The third-order valence-corrected chi connectivity index (χ3v) is 7.62. The van der Waals surface area contributed by atoms with E-state index in [0.29, 0.717) is 24.9 Å². The molecule has 7 nitrogen and oxygen atoms in total. The van der Waals surface area contributed by atoms with Crippen LogP contribution in [-0.2, 0) is 21.0 Å². The highest BCUT2D eigenvalue weighted by atomic mass is 32.2. The molecule has 2 heterocycles. The van der Waals surface area contributed by atoms with Crippen LogP contribution in [0.2, 0.25) is 0 Å². The highest BCUT2D eigenvalue weighted by Gasteiger charge is 2.34. The molecule has 0 atom stereocenters. The molecule has 0 aliphatic carbocycles. The zero-order chi connectivity index (χ0) is 21.2. The topological polar surface area (TPSA) is 78.0 Å². The average Bonchev–Trinajstić information content (AvgIpc) is 3.10. The van der Waals surface area contributed by atoms with Crippen molar-refractivity contribution in [2.24, 2.45) is 0 Å². The predicted octanol–water partition coefficient (Wildman–Crippen LogP) is 2.10. The number of halogens is 3. The molecule has 0 unspecified atom stereocenters. The van der Waals surface area contributed by atoms with Crippen LogP contribution in [0.15, 0.2) is 29.2 Å². The summed E-state index contributed by atoms with van der Waals surface area (Å²) < 4.78 is 65.1. The van der Waals surface area contributed by atoms with Crippen molar-refractivity contribution in [3.05, 3.63) is 29.8 Å². The lowest BCUT2D eigenvalue weighted by molar-refractivity contribution is -0.137. The zero-order valence-electron chi connectivity index (χ0n) is 15.4. The third-order valence-electron chi connectivity index (χ3n) is 4.83. The van der Waals surface area contributed by atoms with Gasteiger partial charge in [-0.1, -0.05) is 17.8 Å². The summed E-state index contributed by atoms with van der Waals surface area (Å²) in [6.07, 6.45) is -4.47. The maximum atomic E-state index is 12.9. The van der Waals surface area contributed by atoms with Gasteiger partial charge in [0.1, 0.15) is 0 Å². The molecule has 0 N–H and O–H groups in total. The van der Waals surface area contributed by atoms with Crippen molar-refractivity contribution >= 4 is 32.9 Å². The molecule has 0 saturated carbocycles. The highest BCUT2D eigenvalue weighted by molar-refractivity contribution is 8.13. The lowest BCUT2D eigenvalue weighted by atomic mass is 10.2. The Bertz CT molecular complexity index is 884. The lowest BCUT2D eigenvalue weighted by Gasteiger charge is -2.34. The Morgan fingerprint density at radius 2 is 1.79 bits per heavy atom. The second-order valence-corrected chi connectivity index (χ2v) is 9.65. The van der Waals surface area contributed by atoms with Crippen LogP contribution < -0.4 is 0 Å². The average molecular weight is 451 g/mol. The van der Waals surface area contributed by atoms with Gasteiger partial charge in [-0.05, 0) is 18.2 Å². The van der Waals surface area contributed by atoms with Gasteiger partial charge < -0.3 is 9.80 Å². The smallest absolute Gasteiger partial charge is 0.340 e. The summed E-state index contributed by atoms with van der Waals surface area (Å²) in [5, 5.41) is -0.0465. The van der Waals surface area contributed by atoms with Crippen LogP contribution in [0.3, 0.4) is 0 Å². The number of nitrogens with zero attached hydrogens (tertiary/aromatic N) is 3. The van der Waals surface area contributed by atoms with Gasteiger partial charge in [0, 0.05) is 51.4 Å². The summed E-state index contributed by atoms with van der Waals surface area (Å²) >= 11 is 1.21. The van der Waals surface area contributed by atoms with Gasteiger partial charge in [-0.2, -0.15) is 17.5 Å². The van der Waals surface area contributed by atoms with Crippen molar-refractivity contribution < 1.29 is 31.2 Å². The van der Waals surface area contributed by atoms with E-state index in [1.54, 1.807) is 4.90 Å². The molecule has 0 radical (unpaired) electrons. The molecule has 0 aromatic heterocycles. The maximum Gasteiger partial charge on any atom is 0.416 e. The van der Waals surface area contributed by atoms with Gasteiger partial charge in [-0.15, -0.1) is 0 Å². The monoisotopic (exact) mass is 451 g/mol. The first-order chi connectivity index (χ1) is 13.6. The van der Waals surface area contributed by atoms with Gasteiger partial charge in [-0.3, -0.25) is 9.59 Å². The zero-order valence-corrected chi connectivity index (χ0v) is 17.0. The summed E-state index contributed by atoms with van der Waals surface area (Å²) in [6.45, 7) is 1.25. The Labute approximate surface area is 170 Å². The van der Waals surface area contributed by atoms with E-state index in [4.69, 9.17) is 0 Å². The molecule has 1 aromatic rings. The van der Waals surface area contributed by atoms with Crippen LogP contribution in [0.1, 0.15) is 12.0 Å². The molecular formula is C17H20F3N3O4S2. The van der Waals surface area contributed by atoms with Gasteiger partial charge >= 0.3 is 6.18 Å². The van der Waals surface area contributed by atoms with Crippen molar-refractivity contribution in [2.45, 2.75) is 17.5 Å². The molecule has 2 saturated heterocycles. The molecule has 12 heteroatoms. The van der Waals surface area contributed by atoms with Gasteiger partial charge in [0.2, 0.25) is 15.9 Å². The number of benzene rings is 1. The minimum Gasteiger partial charge on any atom is -0.340 e. The predicted molar refractivity (Wildman–Crippen MR) is 101 cm³/mol. The molecule has 2 amide bonds. The number of carbonyl (C=O) groups is 2. The fraction of sp³-hybridized carbons (Fsp3) is 0.529. The Hall–Kier alpha value is -1.79. The van der Waals surface area contributed by atoms with E-state index in [1.165, 1.54) is 16.7 Å². The minimum atomic E-state index is -4.63. The number of thioether (sulfide) groups is 1. The minimum absolute atomic E-state index is 0.00279. The van der Waals surface area contributed by atoms with E-state index in [-0.39, 0.29) is 43.7 Å². The van der Waals surface area contributed by atoms with Crippen LogP contribution in [-0.4, -0.2) is 78.7 Å². The number of piperazine rings is 1. The molecule has 1 aromatic carbocycles. The third kappa shape index (κ3) is 5.04. The normalized spacial score (nSPS) is 19.1. The van der Waals surface area contributed by atoms with Crippen molar-refractivity contribution in [2.75, 3.05) is 45.0 Å². The quantitative estimate of drug-likeness (QED) is 0.685. The molecule has 2 aliphatic heterocycles. The fourth-order valence-electron chi connectivity index (χ4n) is 3.18. The Kier molecular flexibility index (Phi) is 6.44. The first-order valence-electron chi connectivity index (χ1n) is 8.96. The molecule has 3 rings (SSSR count). The Morgan fingerprint density at radius 3 is 2.38 bits per heavy atom. The highest BCUT2D eigenvalue weighted by Crippen LogP contribution is 2.31. The van der Waals surface area contributed by atoms with E-state index in [9.17, 15) is 31.2 Å². The summed E-state index contributed by atoms with van der Waals surface area (Å²) in [5.41, 5.74) is -1.03. The SMILES string of the molecule is O=C(CCN1CCSC1=O)N1CCN(S(=O)(=O)c2cccc(C(F)(F)F)c2)CC1. The van der Waals surface area contributed by atoms with Gasteiger partial charge in [0.05, 0.1) is 10.5 Å². The van der Waals surface area contributed by atoms with Crippen molar-refractivity contribution in [3.63, 3.8) is 0 Å². The van der Waals surface area contributed by atoms with Crippen molar-refractivity contribution in [1.82, 2.24) is 14.1 Å². The fourth-order valence-corrected chi connectivity index (χ4v) is 5.50. The van der Waals surface area contributed by atoms with Crippen LogP contribution in [0.25, 0.3) is 0 Å². The number of hydrogen-bond acceptors (Lipinski definition) is 5. The maximum absolute atomic E-state index is 12.9. The molecule has 0 bridgehead atoms. The number of hydrogen-bond donors (Lipinski definition) is 0. The Morgan fingerprint density at radius 1 is 1.10 bits per heavy atom. The summed E-state index contributed by atoms with van der Waals surface area (Å²) in [7, 11) is -4.09. The van der Waals surface area contributed by atoms with Gasteiger partial charge in [0.25, 0.3) is 5.24 Å². The first-order valence-corrected chi connectivity index (χ1v) is 11.4. The van der Waals surface area contributed by atoms with Crippen LogP contribution >= 0.6 is 11.8 Å². The molecule has 2 fully saturated rings. The van der Waals surface area contributed by atoms with E-state index in [2.05, 4.69) is 0 Å². The van der Waals surface area contributed by atoms with Crippen LogP contribution in [0.4, 0.5) is 18.0 Å². The lowest BCUT2D eigenvalue weighted by Crippen LogP contribution is -2.50. The van der Waals surface area contributed by atoms with E-state index >= 15 is 0 Å². The van der Waals surface area contributed by atoms with Crippen molar-refractivity contribution in [3.8, 4) is 0 Å². The van der Waals surface area contributed by atoms with Crippen LogP contribution in [0.5, 0.6) is 0 Å². The largest absolute Gasteiger partial charge is 0.416 e. The second kappa shape index (κ2) is 8.52. The number of amides is 2. The number of rotatable bonds is 5. The van der Waals surface area contributed by atoms with E-state index in [1.807, 2.05) is 0 Å². The first kappa shape index (κ1) is 21.9. The summed E-state index contributed by atoms with van der Waals surface area (Å²) in [5.74, 6) is 0.532. The number of alkyl halides is 3. The van der Waals surface area contributed by atoms with Gasteiger partial charge in [0.15, 0.2) is 0 Å². The number of sulfonamides is 1. The summed E-state index contributed by atoms with van der Waals surface area (Å²) in [6, 6.07) is 3.64. The second-order valence-electron chi connectivity index (χ2n) is 6.66. The van der Waals surface area contributed by atoms with Gasteiger partial charge in [-0.25, -0.2) is 8.42 Å². The molecule has 0 spiro atoms. The van der Waals surface area contributed by atoms with Crippen LogP contribution in [0, 0.1) is 0 Å². The van der Waals surface area contributed by atoms with E-state index < -0.39 is 26.7 Å². The standard InChI is InChI=1S/C17H20F3N3O4S2/c18-17(19,20)13-2-1-3-14(12-13)29(26,27)23-8-6-21(7-9-23)15(24)4-5-22-10-11-28-16(22)25/h1-3,12H,4-11H2. The summed E-state index contributed by atoms with van der Waals surface area (Å²) in [4.78, 5) is 26.6. The Balaban J connectivity index is 1.58. The molecule has 160 valence electrons. The molecule has 29 heavy (non-hydrogen) atoms. The molecular weight excluding hydrogens is 431 g/mol. The van der Waals surface area contributed by atoms with Crippen molar-refractivity contribution in [1.29, 1.82) is 0 Å².